The standard InChI is InChI=1S/C7H10ClN3O2/c1-2-5-3-6(11-10-5)9-7(12)13-4-8/h3H,2,4H2,1H3,(H2,9,10,11,12). The van der Waals surface area contributed by atoms with Crippen molar-refractivity contribution in [1.82, 2.24) is 10.2 Å². The molecule has 1 rings (SSSR count). The van der Waals surface area contributed by atoms with Crippen molar-refractivity contribution in [3.63, 3.8) is 0 Å². The van der Waals surface area contributed by atoms with Crippen LogP contribution in [-0.4, -0.2) is 22.4 Å². The highest BCUT2D eigenvalue weighted by molar-refractivity contribution is 6.17. The highest BCUT2D eigenvalue weighted by Gasteiger charge is 2.04. The van der Waals surface area contributed by atoms with Crippen LogP contribution in [0.25, 0.3) is 0 Å². The Kier molecular flexibility index (Phi) is 3.57. The Morgan fingerprint density at radius 1 is 1.85 bits per heavy atom. The molecule has 5 nitrogen and oxygen atoms in total. The van der Waals surface area contributed by atoms with Crippen molar-refractivity contribution in [3.05, 3.63) is 11.8 Å². The van der Waals surface area contributed by atoms with Gasteiger partial charge in [0, 0.05) is 11.8 Å². The van der Waals surface area contributed by atoms with E-state index < -0.39 is 6.09 Å². The van der Waals surface area contributed by atoms with Gasteiger partial charge in [-0.05, 0) is 6.42 Å². The summed E-state index contributed by atoms with van der Waals surface area (Å²) in [5.74, 6) is 0.437. The fourth-order valence-corrected chi connectivity index (χ4v) is 0.896. The van der Waals surface area contributed by atoms with Gasteiger partial charge in [0.15, 0.2) is 11.9 Å². The van der Waals surface area contributed by atoms with Gasteiger partial charge < -0.3 is 4.74 Å². The van der Waals surface area contributed by atoms with E-state index in [9.17, 15) is 4.79 Å². The molecule has 0 fully saturated rings. The second kappa shape index (κ2) is 4.71. The molecule has 0 saturated carbocycles. The van der Waals surface area contributed by atoms with Gasteiger partial charge in [-0.15, -0.1) is 0 Å². The van der Waals surface area contributed by atoms with Crippen LogP contribution in [0.1, 0.15) is 12.6 Å². The van der Waals surface area contributed by atoms with E-state index in [1.54, 1.807) is 6.07 Å². The molecule has 1 aromatic heterocycles. The summed E-state index contributed by atoms with van der Waals surface area (Å²) in [6, 6.07) is 1.56. The lowest BCUT2D eigenvalue weighted by Gasteiger charge is -1.98. The van der Waals surface area contributed by atoms with E-state index in [-0.39, 0.29) is 6.07 Å². The molecule has 6 heteroatoms. The third kappa shape index (κ3) is 2.95. The lowest BCUT2D eigenvalue weighted by molar-refractivity contribution is 0.180. The number of hydrogen-bond donors (Lipinski definition) is 2. The average molecular weight is 204 g/mol. The predicted octanol–water partition coefficient (Wildman–Crippen LogP) is 1.72. The molecular formula is C7H10ClN3O2. The van der Waals surface area contributed by atoms with Crippen LogP contribution in [0.2, 0.25) is 0 Å². The zero-order chi connectivity index (χ0) is 9.68. The number of rotatable bonds is 3. The van der Waals surface area contributed by atoms with Crippen molar-refractivity contribution in [2.24, 2.45) is 0 Å². The molecule has 2 N–H and O–H groups in total. The number of aromatic amines is 1. The van der Waals surface area contributed by atoms with Crippen molar-refractivity contribution < 1.29 is 9.53 Å². The third-order valence-electron chi connectivity index (χ3n) is 1.43. The number of H-pyrrole nitrogens is 1. The SMILES string of the molecule is CCc1cc(NC(=O)OCCl)n[nH]1. The third-order valence-corrected chi connectivity index (χ3v) is 1.54. The fourth-order valence-electron chi connectivity index (χ4n) is 0.797. The molecule has 0 aliphatic carbocycles. The summed E-state index contributed by atoms with van der Waals surface area (Å²) in [5, 5.41) is 8.99. The molecule has 0 spiro atoms. The number of aryl methyl sites for hydroxylation is 1. The first-order valence-electron chi connectivity index (χ1n) is 3.80. The average Bonchev–Trinajstić information content (AvgIpc) is 2.52. The Bertz CT molecular complexity index is 287. The number of nitrogens with zero attached hydrogens (tertiary/aromatic N) is 1. The first kappa shape index (κ1) is 9.85. The highest BCUT2D eigenvalue weighted by Crippen LogP contribution is 2.05. The van der Waals surface area contributed by atoms with Crippen LogP contribution in [0.3, 0.4) is 0 Å². The van der Waals surface area contributed by atoms with E-state index in [1.807, 2.05) is 6.92 Å². The van der Waals surface area contributed by atoms with Gasteiger partial charge in [0.25, 0.3) is 0 Å². The zero-order valence-electron chi connectivity index (χ0n) is 7.13. The van der Waals surface area contributed by atoms with E-state index in [2.05, 4.69) is 20.3 Å². The van der Waals surface area contributed by atoms with Crippen LogP contribution < -0.4 is 5.32 Å². The van der Waals surface area contributed by atoms with Gasteiger partial charge in [-0.3, -0.25) is 10.4 Å². The molecule has 0 atom stereocenters. The maximum atomic E-state index is 10.8. The number of amides is 1. The zero-order valence-corrected chi connectivity index (χ0v) is 7.89. The fraction of sp³-hybridized carbons (Fsp3) is 0.429. The summed E-state index contributed by atoms with van der Waals surface area (Å²) in [6.45, 7) is 1.98. The molecule has 1 amide bonds. The van der Waals surface area contributed by atoms with Gasteiger partial charge in [0.2, 0.25) is 0 Å². The number of ether oxygens (including phenoxy) is 1. The summed E-state index contributed by atoms with van der Waals surface area (Å²) in [4.78, 5) is 10.8. The maximum Gasteiger partial charge on any atom is 0.414 e. The molecule has 0 radical (unpaired) electrons. The monoisotopic (exact) mass is 203 g/mol. The molecule has 0 aromatic carbocycles. The summed E-state index contributed by atoms with van der Waals surface area (Å²) >= 11 is 5.18. The quantitative estimate of drug-likeness (QED) is 0.735. The molecule has 0 bridgehead atoms. The topological polar surface area (TPSA) is 67.0 Å². The Balaban J connectivity index is 2.49. The molecule has 0 unspecified atom stereocenters. The maximum absolute atomic E-state index is 10.8. The molecule has 0 aliphatic rings. The predicted molar refractivity (Wildman–Crippen MR) is 48.8 cm³/mol. The Hall–Kier alpha value is -1.23. The summed E-state index contributed by atoms with van der Waals surface area (Å²) < 4.78 is 4.45. The van der Waals surface area contributed by atoms with E-state index in [4.69, 9.17) is 11.6 Å². The second-order valence-electron chi connectivity index (χ2n) is 2.30. The number of carbonyl (C=O) groups is 1. The first-order valence-corrected chi connectivity index (χ1v) is 4.33. The van der Waals surface area contributed by atoms with Crippen LogP contribution >= 0.6 is 11.6 Å². The lowest BCUT2D eigenvalue weighted by Crippen LogP contribution is -2.12. The number of alkyl halides is 1. The molecular weight excluding hydrogens is 194 g/mol. The Morgan fingerprint density at radius 3 is 3.15 bits per heavy atom. The van der Waals surface area contributed by atoms with Crippen LogP contribution in [0, 0.1) is 0 Å². The molecule has 0 saturated heterocycles. The molecule has 1 aromatic rings. The molecule has 1 heterocycles. The van der Waals surface area contributed by atoms with Crippen molar-refractivity contribution in [2.45, 2.75) is 13.3 Å². The van der Waals surface area contributed by atoms with Gasteiger partial charge >= 0.3 is 6.09 Å². The van der Waals surface area contributed by atoms with Crippen LogP contribution in [-0.2, 0) is 11.2 Å². The van der Waals surface area contributed by atoms with E-state index >= 15 is 0 Å². The van der Waals surface area contributed by atoms with E-state index in [0.29, 0.717) is 5.82 Å². The smallest absolute Gasteiger partial charge is 0.414 e. The van der Waals surface area contributed by atoms with E-state index in [0.717, 1.165) is 12.1 Å². The molecule has 13 heavy (non-hydrogen) atoms. The highest BCUT2D eigenvalue weighted by atomic mass is 35.5. The Labute approximate surface area is 80.4 Å². The second-order valence-corrected chi connectivity index (χ2v) is 2.52. The van der Waals surface area contributed by atoms with Crippen molar-refractivity contribution in [3.8, 4) is 0 Å². The lowest BCUT2D eigenvalue weighted by atomic mass is 10.3. The number of halogens is 1. The number of carbonyl (C=O) groups excluding carboxylic acids is 1. The number of aromatic nitrogens is 2. The van der Waals surface area contributed by atoms with Crippen molar-refractivity contribution in [2.75, 3.05) is 11.4 Å². The number of hydrogen-bond acceptors (Lipinski definition) is 3. The van der Waals surface area contributed by atoms with Gasteiger partial charge in [0.1, 0.15) is 0 Å². The van der Waals surface area contributed by atoms with Crippen LogP contribution in [0.15, 0.2) is 6.07 Å². The molecule has 0 aliphatic heterocycles. The van der Waals surface area contributed by atoms with Gasteiger partial charge in [-0.25, -0.2) is 4.79 Å². The van der Waals surface area contributed by atoms with Gasteiger partial charge in [-0.2, -0.15) is 5.10 Å². The summed E-state index contributed by atoms with van der Waals surface area (Å²) in [5.41, 5.74) is 0.946. The van der Waals surface area contributed by atoms with Crippen LogP contribution in [0.4, 0.5) is 10.6 Å². The minimum absolute atomic E-state index is 0.170. The molecule has 72 valence electrons. The van der Waals surface area contributed by atoms with Crippen molar-refractivity contribution in [1.29, 1.82) is 0 Å². The largest absolute Gasteiger partial charge is 0.433 e. The minimum Gasteiger partial charge on any atom is -0.433 e. The summed E-state index contributed by atoms with van der Waals surface area (Å²) in [7, 11) is 0. The van der Waals surface area contributed by atoms with Crippen LogP contribution in [0.5, 0.6) is 0 Å². The minimum atomic E-state index is -0.607. The van der Waals surface area contributed by atoms with E-state index in [1.165, 1.54) is 0 Å². The Morgan fingerprint density at radius 2 is 2.62 bits per heavy atom. The number of nitrogens with one attached hydrogen (secondary N) is 2. The van der Waals surface area contributed by atoms with Crippen molar-refractivity contribution >= 4 is 23.5 Å². The number of anilines is 1. The van der Waals surface area contributed by atoms with Gasteiger partial charge in [0.05, 0.1) is 0 Å². The first-order chi connectivity index (χ1) is 6.26. The normalized spacial score (nSPS) is 9.69. The van der Waals surface area contributed by atoms with Gasteiger partial charge in [-0.1, -0.05) is 18.5 Å². The summed E-state index contributed by atoms with van der Waals surface area (Å²) in [6.07, 6.45) is 0.225.